The first-order valence-corrected chi connectivity index (χ1v) is 20.3. The van der Waals surface area contributed by atoms with Crippen molar-refractivity contribution >= 4 is 0 Å². The molecule has 256 valence electrons. The molecule has 0 aromatic rings. The zero-order chi connectivity index (χ0) is 31.0. The van der Waals surface area contributed by atoms with E-state index in [-0.39, 0.29) is 0 Å². The molecule has 0 rings (SSSR count). The highest BCUT2D eigenvalue weighted by atomic mass is 14.7. The molecule has 0 aromatic carbocycles. The van der Waals surface area contributed by atoms with Gasteiger partial charge in [-0.15, -0.1) is 0 Å². The molecule has 1 unspecified atom stereocenters. The average Bonchev–Trinajstić information content (AvgIpc) is 2.99. The first kappa shape index (κ1) is 44.1. The van der Waals surface area contributed by atoms with E-state index in [1.807, 2.05) is 14.1 Å². The Kier molecular flexibility index (Phi) is 45.2. The van der Waals surface area contributed by atoms with Crippen molar-refractivity contribution in [2.45, 2.75) is 245 Å². The summed E-state index contributed by atoms with van der Waals surface area (Å²) in [4.78, 5) is 0. The molecule has 1 atom stereocenters. The molecule has 42 heavy (non-hydrogen) atoms. The van der Waals surface area contributed by atoms with Gasteiger partial charge in [0.15, 0.2) is 0 Å². The van der Waals surface area contributed by atoms with Crippen molar-refractivity contribution < 1.29 is 0 Å². The molecular formula is C41H87N. The normalized spacial score (nSPS) is 11.9. The van der Waals surface area contributed by atoms with E-state index in [2.05, 4.69) is 26.1 Å². The SMILES string of the molecule is CCCCCCCCCCCCCCCCCCCC(C)CCCCCCCCCCCCCCCCCC.CNC. The van der Waals surface area contributed by atoms with Crippen LogP contribution in [-0.2, 0) is 0 Å². The maximum absolute atomic E-state index is 2.75. The number of rotatable bonds is 35. The average molecular weight is 594 g/mol. The van der Waals surface area contributed by atoms with Crippen LogP contribution in [0, 0.1) is 5.92 Å². The third-order valence-electron chi connectivity index (χ3n) is 9.35. The summed E-state index contributed by atoms with van der Waals surface area (Å²) < 4.78 is 0. The lowest BCUT2D eigenvalue weighted by molar-refractivity contribution is 0.429. The van der Waals surface area contributed by atoms with Crippen LogP contribution in [0.25, 0.3) is 0 Å². The molecule has 1 heteroatoms. The van der Waals surface area contributed by atoms with Gasteiger partial charge in [-0.1, -0.05) is 245 Å². The lowest BCUT2D eigenvalue weighted by atomic mass is 9.95. The number of hydrogen-bond donors (Lipinski definition) is 1. The lowest BCUT2D eigenvalue weighted by Gasteiger charge is -2.11. The standard InChI is InChI=1S/C39H80.C2H7N/c1-4-6-8-10-12-14-16-18-20-22-24-26-28-30-32-34-36-38-39(3)37-35-33-31-29-27-25-23-21-19-17-15-13-11-9-7-5-2;1-3-2/h39H,4-38H2,1-3H3;3H,1-2H3. The van der Waals surface area contributed by atoms with Gasteiger partial charge in [0.1, 0.15) is 0 Å². The highest BCUT2D eigenvalue weighted by Crippen LogP contribution is 2.20. The molecule has 0 aromatic heterocycles. The summed E-state index contributed by atoms with van der Waals surface area (Å²) in [5, 5.41) is 2.75. The Morgan fingerprint density at radius 1 is 0.286 bits per heavy atom. The second-order valence-corrected chi connectivity index (χ2v) is 14.1. The topological polar surface area (TPSA) is 12.0 Å². The monoisotopic (exact) mass is 594 g/mol. The van der Waals surface area contributed by atoms with Gasteiger partial charge in [0.05, 0.1) is 0 Å². The summed E-state index contributed by atoms with van der Waals surface area (Å²) in [6.07, 6.45) is 51.7. The summed E-state index contributed by atoms with van der Waals surface area (Å²) in [6, 6.07) is 0. The Morgan fingerprint density at radius 2 is 0.429 bits per heavy atom. The summed E-state index contributed by atoms with van der Waals surface area (Å²) in [7, 11) is 3.75. The fraction of sp³-hybridized carbons (Fsp3) is 1.00. The van der Waals surface area contributed by atoms with E-state index in [4.69, 9.17) is 0 Å². The van der Waals surface area contributed by atoms with Crippen molar-refractivity contribution in [3.8, 4) is 0 Å². The number of hydrogen-bond acceptors (Lipinski definition) is 1. The van der Waals surface area contributed by atoms with Crippen LogP contribution in [-0.4, -0.2) is 14.1 Å². The Morgan fingerprint density at radius 3 is 0.595 bits per heavy atom. The summed E-state index contributed by atoms with van der Waals surface area (Å²) >= 11 is 0. The van der Waals surface area contributed by atoms with Crippen LogP contribution in [0.3, 0.4) is 0 Å². The second-order valence-electron chi connectivity index (χ2n) is 14.1. The number of nitrogens with one attached hydrogen (secondary N) is 1. The van der Waals surface area contributed by atoms with Crippen molar-refractivity contribution in [2.24, 2.45) is 5.92 Å². The Labute approximate surface area is 270 Å². The fourth-order valence-corrected chi connectivity index (χ4v) is 6.40. The zero-order valence-corrected chi connectivity index (χ0v) is 30.8. The molecule has 0 aliphatic rings. The first-order chi connectivity index (χ1) is 20.7. The van der Waals surface area contributed by atoms with Crippen LogP contribution >= 0.6 is 0 Å². The Balaban J connectivity index is 0. The van der Waals surface area contributed by atoms with E-state index in [0.717, 1.165) is 5.92 Å². The van der Waals surface area contributed by atoms with Gasteiger partial charge in [0, 0.05) is 0 Å². The Hall–Kier alpha value is -0.0400. The van der Waals surface area contributed by atoms with Gasteiger partial charge in [-0.05, 0) is 20.0 Å². The highest BCUT2D eigenvalue weighted by molar-refractivity contribution is 4.57. The fourth-order valence-electron chi connectivity index (χ4n) is 6.40. The van der Waals surface area contributed by atoms with E-state index >= 15 is 0 Å². The van der Waals surface area contributed by atoms with E-state index in [0.29, 0.717) is 0 Å². The third-order valence-corrected chi connectivity index (χ3v) is 9.35. The van der Waals surface area contributed by atoms with Gasteiger partial charge in [0.25, 0.3) is 0 Å². The molecule has 1 nitrogen and oxygen atoms in total. The maximum atomic E-state index is 2.75. The van der Waals surface area contributed by atoms with Crippen molar-refractivity contribution in [2.75, 3.05) is 14.1 Å². The molecule has 0 aliphatic heterocycles. The lowest BCUT2D eigenvalue weighted by Crippen LogP contribution is -1.95. The van der Waals surface area contributed by atoms with E-state index in [1.165, 1.54) is 225 Å². The Bertz CT molecular complexity index is 419. The smallest absolute Gasteiger partial charge is 0.0167 e. The van der Waals surface area contributed by atoms with Gasteiger partial charge in [-0.2, -0.15) is 0 Å². The first-order valence-electron chi connectivity index (χ1n) is 20.3. The van der Waals surface area contributed by atoms with Crippen LogP contribution in [0.1, 0.15) is 245 Å². The van der Waals surface area contributed by atoms with E-state index in [1.54, 1.807) is 0 Å². The largest absolute Gasteiger partial charge is 0.323 e. The second kappa shape index (κ2) is 43.1. The van der Waals surface area contributed by atoms with E-state index in [9.17, 15) is 0 Å². The zero-order valence-electron chi connectivity index (χ0n) is 30.8. The molecule has 1 N–H and O–H groups in total. The van der Waals surface area contributed by atoms with Gasteiger partial charge in [-0.25, -0.2) is 0 Å². The van der Waals surface area contributed by atoms with Crippen LogP contribution in [0.5, 0.6) is 0 Å². The minimum atomic E-state index is 0.966. The highest BCUT2D eigenvalue weighted by Gasteiger charge is 2.02. The number of unbranched alkanes of at least 4 members (excludes halogenated alkanes) is 31. The molecule has 0 amide bonds. The summed E-state index contributed by atoms with van der Waals surface area (Å²) in [5.74, 6) is 0.966. The molecular weight excluding hydrogens is 506 g/mol. The predicted molar refractivity (Wildman–Crippen MR) is 197 cm³/mol. The summed E-state index contributed by atoms with van der Waals surface area (Å²) in [6.45, 7) is 7.13. The summed E-state index contributed by atoms with van der Waals surface area (Å²) in [5.41, 5.74) is 0. The molecule has 0 saturated heterocycles. The van der Waals surface area contributed by atoms with Crippen molar-refractivity contribution in [1.82, 2.24) is 5.32 Å². The molecule has 0 fully saturated rings. The molecule has 0 heterocycles. The van der Waals surface area contributed by atoms with Crippen LogP contribution in [0.2, 0.25) is 0 Å². The van der Waals surface area contributed by atoms with E-state index < -0.39 is 0 Å². The maximum Gasteiger partial charge on any atom is -0.0167 e. The van der Waals surface area contributed by atoms with Gasteiger partial charge >= 0.3 is 0 Å². The van der Waals surface area contributed by atoms with Crippen LogP contribution < -0.4 is 5.32 Å². The van der Waals surface area contributed by atoms with Gasteiger partial charge in [0.2, 0.25) is 0 Å². The molecule has 0 radical (unpaired) electrons. The molecule has 0 saturated carbocycles. The van der Waals surface area contributed by atoms with Gasteiger partial charge in [-0.3, -0.25) is 0 Å². The molecule has 0 bridgehead atoms. The third kappa shape index (κ3) is 44.4. The quantitative estimate of drug-likeness (QED) is 0.0721. The predicted octanol–water partition coefficient (Wildman–Crippen LogP) is 15.2. The van der Waals surface area contributed by atoms with Crippen molar-refractivity contribution in [3.63, 3.8) is 0 Å². The van der Waals surface area contributed by atoms with Crippen molar-refractivity contribution in [1.29, 1.82) is 0 Å². The minimum Gasteiger partial charge on any atom is -0.323 e. The van der Waals surface area contributed by atoms with Crippen LogP contribution in [0.4, 0.5) is 0 Å². The van der Waals surface area contributed by atoms with Crippen molar-refractivity contribution in [3.05, 3.63) is 0 Å². The minimum absolute atomic E-state index is 0.966. The molecule has 0 aliphatic carbocycles. The van der Waals surface area contributed by atoms with Crippen LogP contribution in [0.15, 0.2) is 0 Å². The molecule has 0 spiro atoms. The van der Waals surface area contributed by atoms with Gasteiger partial charge < -0.3 is 5.32 Å².